The third kappa shape index (κ3) is 8.05. The van der Waals surface area contributed by atoms with E-state index in [1.165, 1.54) is 11.1 Å². The van der Waals surface area contributed by atoms with Gasteiger partial charge in [-0.15, -0.1) is 0 Å². The average Bonchev–Trinajstić information content (AvgIpc) is 2.60. The molecule has 0 amide bonds. The van der Waals surface area contributed by atoms with E-state index in [0.29, 0.717) is 11.8 Å². The van der Waals surface area contributed by atoms with Gasteiger partial charge in [-0.1, -0.05) is 74.6 Å². The third-order valence-electron chi connectivity index (χ3n) is 5.16. The number of rotatable bonds is 11. The van der Waals surface area contributed by atoms with E-state index in [-0.39, 0.29) is 6.04 Å². The molecule has 0 saturated heterocycles. The van der Waals surface area contributed by atoms with Crippen LogP contribution in [0.4, 0.5) is 0 Å². The van der Waals surface area contributed by atoms with Crippen molar-refractivity contribution in [3.05, 3.63) is 72.0 Å². The van der Waals surface area contributed by atoms with Crippen molar-refractivity contribution in [2.24, 2.45) is 11.8 Å². The van der Waals surface area contributed by atoms with Gasteiger partial charge < -0.3 is 10.2 Å². The summed E-state index contributed by atoms with van der Waals surface area (Å²) in [5, 5.41) is 3.63. The van der Waals surface area contributed by atoms with Gasteiger partial charge in [-0.25, -0.2) is 0 Å². The molecule has 1 rings (SSSR count). The molecule has 144 valence electrons. The first-order valence-electron chi connectivity index (χ1n) is 9.73. The first-order chi connectivity index (χ1) is 12.2. The number of nitrogens with one attached hydrogen (secondary N) is 1. The van der Waals surface area contributed by atoms with Crippen LogP contribution in [0, 0.1) is 18.8 Å². The van der Waals surface area contributed by atoms with Gasteiger partial charge in [-0.2, -0.15) is 0 Å². The number of benzene rings is 1. The second-order valence-electron chi connectivity index (χ2n) is 7.84. The Morgan fingerprint density at radius 1 is 1.15 bits per heavy atom. The predicted molar refractivity (Wildman–Crippen MR) is 116 cm³/mol. The predicted octanol–water partition coefficient (Wildman–Crippen LogP) is 5.71. The summed E-state index contributed by atoms with van der Waals surface area (Å²) in [4.78, 5) is 2.24. The van der Waals surface area contributed by atoms with E-state index >= 15 is 0 Å². The minimum atomic E-state index is 0.277. The molecule has 0 spiro atoms. The van der Waals surface area contributed by atoms with Crippen molar-refractivity contribution in [1.82, 2.24) is 10.2 Å². The van der Waals surface area contributed by atoms with Crippen LogP contribution in [0.15, 0.2) is 60.8 Å². The fourth-order valence-corrected chi connectivity index (χ4v) is 2.81. The maximum absolute atomic E-state index is 4.29. The van der Waals surface area contributed by atoms with Crippen LogP contribution in [0.2, 0.25) is 0 Å². The highest BCUT2D eigenvalue weighted by Crippen LogP contribution is 2.17. The molecule has 0 radical (unpaired) electrons. The first kappa shape index (κ1) is 22.2. The maximum atomic E-state index is 4.29. The van der Waals surface area contributed by atoms with Crippen molar-refractivity contribution in [3.8, 4) is 0 Å². The van der Waals surface area contributed by atoms with E-state index in [9.17, 15) is 0 Å². The fourth-order valence-electron chi connectivity index (χ4n) is 2.81. The average molecular weight is 355 g/mol. The normalized spacial score (nSPS) is 14.8. The van der Waals surface area contributed by atoms with Gasteiger partial charge in [0.1, 0.15) is 0 Å². The van der Waals surface area contributed by atoms with Gasteiger partial charge in [0.2, 0.25) is 0 Å². The Hall–Kier alpha value is -1.80. The smallest absolute Gasteiger partial charge is 0.0436 e. The summed E-state index contributed by atoms with van der Waals surface area (Å²) in [6.07, 6.45) is 5.55. The molecule has 2 heteroatoms. The molecule has 1 aromatic carbocycles. The van der Waals surface area contributed by atoms with Crippen LogP contribution in [0.1, 0.15) is 45.2 Å². The molecule has 0 bridgehead atoms. The van der Waals surface area contributed by atoms with Crippen LogP contribution >= 0.6 is 0 Å². The minimum absolute atomic E-state index is 0.277. The second kappa shape index (κ2) is 11.0. The van der Waals surface area contributed by atoms with E-state index in [1.54, 1.807) is 0 Å². The summed E-state index contributed by atoms with van der Waals surface area (Å²) >= 11 is 0. The van der Waals surface area contributed by atoms with E-state index in [0.717, 1.165) is 30.8 Å². The van der Waals surface area contributed by atoms with Gasteiger partial charge in [0, 0.05) is 25.3 Å². The van der Waals surface area contributed by atoms with E-state index < -0.39 is 0 Å². The molecule has 0 heterocycles. The van der Waals surface area contributed by atoms with E-state index in [1.807, 2.05) is 6.92 Å². The van der Waals surface area contributed by atoms with Crippen molar-refractivity contribution in [2.45, 2.75) is 53.6 Å². The fraction of sp³-hybridized carbons (Fsp3) is 0.500. The molecule has 3 atom stereocenters. The molecule has 2 nitrogen and oxygen atoms in total. The Bertz CT molecular complexity index is 597. The largest absolute Gasteiger partial charge is 0.373 e. The Balaban J connectivity index is 2.39. The summed E-state index contributed by atoms with van der Waals surface area (Å²) in [5.74, 6) is 1.21. The minimum Gasteiger partial charge on any atom is -0.373 e. The summed E-state index contributed by atoms with van der Waals surface area (Å²) < 4.78 is 0. The molecular formula is C24H38N2. The van der Waals surface area contributed by atoms with Gasteiger partial charge >= 0.3 is 0 Å². The molecule has 0 saturated carbocycles. The number of nitrogens with zero attached hydrogens (tertiary/aromatic N) is 1. The number of likely N-dealkylation sites (N-methyl/N-ethyl adjacent to an activating group) is 1. The van der Waals surface area contributed by atoms with Crippen LogP contribution in [0.5, 0.6) is 0 Å². The lowest BCUT2D eigenvalue weighted by Gasteiger charge is -2.28. The SMILES string of the molecule is C=C(C)/C=C\C(C)C(C)CCNC(C)C(=C)N(C)Cc1ccc(C)cc1. The second-order valence-corrected chi connectivity index (χ2v) is 7.84. The lowest BCUT2D eigenvalue weighted by atomic mass is 9.92. The quantitative estimate of drug-likeness (QED) is 0.512. The van der Waals surface area contributed by atoms with E-state index in [2.05, 4.69) is 94.5 Å². The molecule has 0 fully saturated rings. The first-order valence-corrected chi connectivity index (χ1v) is 9.73. The Labute approximate surface area is 161 Å². The van der Waals surface area contributed by atoms with E-state index in [4.69, 9.17) is 0 Å². The van der Waals surface area contributed by atoms with Gasteiger partial charge in [-0.05, 0) is 51.1 Å². The van der Waals surface area contributed by atoms with Crippen molar-refractivity contribution in [1.29, 1.82) is 0 Å². The Kier molecular flexibility index (Phi) is 9.43. The van der Waals surface area contributed by atoms with Crippen LogP contribution in [-0.2, 0) is 6.54 Å². The number of hydrogen-bond acceptors (Lipinski definition) is 2. The zero-order valence-electron chi connectivity index (χ0n) is 17.7. The molecular weight excluding hydrogens is 316 g/mol. The highest BCUT2D eigenvalue weighted by Gasteiger charge is 2.13. The van der Waals surface area contributed by atoms with Crippen LogP contribution in [0.3, 0.4) is 0 Å². The molecule has 26 heavy (non-hydrogen) atoms. The lowest BCUT2D eigenvalue weighted by Crippen LogP contribution is -2.35. The maximum Gasteiger partial charge on any atom is 0.0436 e. The number of hydrogen-bond donors (Lipinski definition) is 1. The highest BCUT2D eigenvalue weighted by atomic mass is 15.1. The Morgan fingerprint density at radius 2 is 1.77 bits per heavy atom. The monoisotopic (exact) mass is 354 g/mol. The zero-order valence-corrected chi connectivity index (χ0v) is 17.7. The lowest BCUT2D eigenvalue weighted by molar-refractivity contribution is 0.353. The van der Waals surface area contributed by atoms with Crippen molar-refractivity contribution in [3.63, 3.8) is 0 Å². The number of aryl methyl sites for hydroxylation is 1. The Morgan fingerprint density at radius 3 is 2.35 bits per heavy atom. The molecule has 0 aliphatic heterocycles. The summed E-state index contributed by atoms with van der Waals surface area (Å²) in [6, 6.07) is 8.99. The van der Waals surface area contributed by atoms with Crippen molar-refractivity contribution < 1.29 is 0 Å². The van der Waals surface area contributed by atoms with Crippen LogP contribution in [-0.4, -0.2) is 24.5 Å². The standard InChI is InChI=1S/C24H38N2/c1-18(2)9-12-20(4)21(5)15-16-25-22(6)23(7)26(8)17-24-13-10-19(3)11-14-24/h9-14,20-22,25H,1,7,15-17H2,2-6,8H3/b12-9-. The molecule has 1 aromatic rings. The topological polar surface area (TPSA) is 15.3 Å². The van der Waals surface area contributed by atoms with Gasteiger partial charge in [-0.3, -0.25) is 0 Å². The molecule has 1 N–H and O–H groups in total. The van der Waals surface area contributed by atoms with Gasteiger partial charge in [0.25, 0.3) is 0 Å². The van der Waals surface area contributed by atoms with Crippen LogP contribution < -0.4 is 5.32 Å². The summed E-state index contributed by atoms with van der Waals surface area (Å²) in [6.45, 7) is 21.1. The summed E-state index contributed by atoms with van der Waals surface area (Å²) in [5.41, 5.74) is 4.86. The third-order valence-corrected chi connectivity index (χ3v) is 5.16. The molecule has 0 aromatic heterocycles. The van der Waals surface area contributed by atoms with Crippen LogP contribution in [0.25, 0.3) is 0 Å². The van der Waals surface area contributed by atoms with Gasteiger partial charge in [0.15, 0.2) is 0 Å². The van der Waals surface area contributed by atoms with Gasteiger partial charge in [0.05, 0.1) is 0 Å². The molecule has 3 unspecified atom stereocenters. The highest BCUT2D eigenvalue weighted by molar-refractivity contribution is 5.22. The number of allylic oxidation sites excluding steroid dienone is 3. The molecule has 0 aliphatic carbocycles. The van der Waals surface area contributed by atoms with Crippen molar-refractivity contribution in [2.75, 3.05) is 13.6 Å². The molecule has 0 aliphatic rings. The van der Waals surface area contributed by atoms with Crippen molar-refractivity contribution >= 4 is 0 Å². The summed E-state index contributed by atoms with van der Waals surface area (Å²) in [7, 11) is 2.12. The zero-order chi connectivity index (χ0) is 19.7.